The van der Waals surface area contributed by atoms with E-state index in [0.717, 1.165) is 57.4 Å². The maximum Gasteiger partial charge on any atom is 0.466 e. The number of amidine groups is 2. The Hall–Kier alpha value is -3.72. The third-order valence-electron chi connectivity index (χ3n) is 6.40. The molecule has 11 heteroatoms. The van der Waals surface area contributed by atoms with E-state index in [1.54, 1.807) is 0 Å². The highest BCUT2D eigenvalue weighted by molar-refractivity contribution is 7.45. The van der Waals surface area contributed by atoms with Crippen LogP contribution in [0.5, 0.6) is 0 Å². The van der Waals surface area contributed by atoms with E-state index in [9.17, 15) is 0 Å². The second kappa shape index (κ2) is 16.7. The van der Waals surface area contributed by atoms with Crippen LogP contribution in [0.1, 0.15) is 11.1 Å². The smallest absolute Gasteiger partial charge is 0.372 e. The van der Waals surface area contributed by atoms with Crippen LogP contribution in [0, 0.1) is 0 Å². The van der Waals surface area contributed by atoms with E-state index in [1.165, 1.54) is 27.6 Å². The van der Waals surface area contributed by atoms with Gasteiger partial charge in [0.1, 0.15) is 11.7 Å². The molecular weight excluding hydrogens is 573 g/mol. The van der Waals surface area contributed by atoms with Crippen LogP contribution in [0.4, 0.5) is 5.69 Å². The topological polar surface area (TPSA) is 130 Å². The summed E-state index contributed by atoms with van der Waals surface area (Å²) < 4.78 is 8.88. The quantitative estimate of drug-likeness (QED) is 0.194. The number of benzene rings is 4. The number of fused-ring (bicyclic) bond motifs is 1. The van der Waals surface area contributed by atoms with Gasteiger partial charge in [-0.25, -0.2) is 4.57 Å². The van der Waals surface area contributed by atoms with Gasteiger partial charge in [0.2, 0.25) is 0 Å². The zero-order valence-electron chi connectivity index (χ0n) is 23.2. The molecule has 6 rings (SSSR count). The first kappa shape index (κ1) is 32.8. The lowest BCUT2D eigenvalue weighted by molar-refractivity contribution is 0.275. The van der Waals surface area contributed by atoms with Gasteiger partial charge in [-0.15, -0.1) is 12.4 Å². The van der Waals surface area contributed by atoms with Gasteiger partial charge in [-0.2, -0.15) is 0 Å². The van der Waals surface area contributed by atoms with Gasteiger partial charge in [-0.1, -0.05) is 91.0 Å². The van der Waals surface area contributed by atoms with E-state index in [-0.39, 0.29) is 12.4 Å². The van der Waals surface area contributed by atoms with Gasteiger partial charge in [0.15, 0.2) is 0 Å². The fraction of sp³-hybridized carbons (Fsp3) is 0.226. The second-order valence-electron chi connectivity index (χ2n) is 9.52. The molecule has 0 saturated carbocycles. The lowest BCUT2D eigenvalue weighted by Crippen LogP contribution is -2.34. The molecule has 0 atom stereocenters. The van der Waals surface area contributed by atoms with Crippen LogP contribution < -0.4 is 15.5 Å². The number of nitrogens with one attached hydrogen (secondary N) is 2. The van der Waals surface area contributed by atoms with Crippen molar-refractivity contribution in [2.75, 3.05) is 37.6 Å². The van der Waals surface area contributed by atoms with Crippen molar-refractivity contribution in [3.63, 3.8) is 0 Å². The summed E-state index contributed by atoms with van der Waals surface area (Å²) in [5, 5.41) is 9.31. The highest BCUT2D eigenvalue weighted by Crippen LogP contribution is 2.26. The summed E-state index contributed by atoms with van der Waals surface area (Å²) in [6.07, 6.45) is 0.918. The van der Waals surface area contributed by atoms with Crippen molar-refractivity contribution in [3.05, 3.63) is 114 Å². The fourth-order valence-corrected chi connectivity index (χ4v) is 4.61. The maximum absolute atomic E-state index is 8.88. The van der Waals surface area contributed by atoms with Crippen LogP contribution in [-0.2, 0) is 17.5 Å². The normalized spacial score (nSPS) is 13.6. The molecule has 0 fully saturated rings. The number of anilines is 1. The molecule has 2 heterocycles. The first-order chi connectivity index (χ1) is 19.8. The fourth-order valence-electron chi connectivity index (χ4n) is 4.61. The number of aliphatic imine (C=N–C) groups is 2. The van der Waals surface area contributed by atoms with Crippen molar-refractivity contribution in [3.8, 4) is 0 Å². The van der Waals surface area contributed by atoms with Crippen LogP contribution in [0.15, 0.2) is 113 Å². The molecule has 2 aliphatic rings. The first-order valence-corrected chi connectivity index (χ1v) is 15.0. The Balaban J connectivity index is 0.000000198. The minimum absolute atomic E-state index is 0. The van der Waals surface area contributed by atoms with Crippen molar-refractivity contribution >= 4 is 48.4 Å². The van der Waals surface area contributed by atoms with E-state index >= 15 is 0 Å². The Morgan fingerprint density at radius 1 is 0.690 bits per heavy atom. The number of halogens is 1. The van der Waals surface area contributed by atoms with Crippen LogP contribution in [-0.4, -0.2) is 59.1 Å². The zero-order valence-corrected chi connectivity index (χ0v) is 24.9. The largest absolute Gasteiger partial charge is 0.466 e. The molecule has 0 amide bonds. The highest BCUT2D eigenvalue weighted by Gasteiger charge is 2.13. The number of nitrogens with zero attached hydrogens (tertiary/aromatic N) is 3. The summed E-state index contributed by atoms with van der Waals surface area (Å²) in [5.41, 5.74) is 3.90. The maximum atomic E-state index is 8.88. The number of rotatable bonds is 7. The summed E-state index contributed by atoms with van der Waals surface area (Å²) in [7, 11) is -4.64. The van der Waals surface area contributed by atoms with Gasteiger partial charge in [-0.05, 0) is 34.0 Å². The number of hydrogen-bond donors (Lipinski definition) is 5. The van der Waals surface area contributed by atoms with Crippen LogP contribution in [0.25, 0.3) is 10.8 Å². The summed E-state index contributed by atoms with van der Waals surface area (Å²) in [6, 6.07) is 36.0. The third-order valence-corrected chi connectivity index (χ3v) is 6.40. The summed E-state index contributed by atoms with van der Waals surface area (Å²) in [4.78, 5) is 32.9. The van der Waals surface area contributed by atoms with Gasteiger partial charge in [-0.3, -0.25) is 9.98 Å². The number of phosphoric acid groups is 1. The zero-order chi connectivity index (χ0) is 28.9. The number of para-hydroxylation sites is 1. The van der Waals surface area contributed by atoms with E-state index in [0.29, 0.717) is 0 Å². The van der Waals surface area contributed by atoms with Crippen molar-refractivity contribution in [1.29, 1.82) is 0 Å². The molecule has 0 aliphatic carbocycles. The van der Waals surface area contributed by atoms with Crippen molar-refractivity contribution in [1.82, 2.24) is 10.6 Å². The van der Waals surface area contributed by atoms with Crippen molar-refractivity contribution < 1.29 is 19.2 Å². The Kier molecular flexibility index (Phi) is 13.0. The molecule has 0 spiro atoms. The molecule has 0 saturated heterocycles. The van der Waals surface area contributed by atoms with E-state index < -0.39 is 7.82 Å². The molecule has 42 heavy (non-hydrogen) atoms. The van der Waals surface area contributed by atoms with E-state index in [2.05, 4.69) is 129 Å². The summed E-state index contributed by atoms with van der Waals surface area (Å²) in [5.74, 6) is 2.21. The minimum atomic E-state index is -4.64. The molecule has 222 valence electrons. The minimum Gasteiger partial charge on any atom is -0.372 e. The standard InChI is InChI=1S/C17H19N3.C14H14N2.ClH.H3O4P/c1-3-7-15(8-4-1)13-20(14-17-18-11-12-19-17)16-9-5-2-6-10-16;1-2-7-13-11(4-1)5-3-6-12(13)10-14-15-8-9-16-14;;1-5(2,3)4/h1-10H,11-14H2,(H,18,19);1-7H,8-10H2,(H,15,16);1H;(H3,1,2,3,4). The van der Waals surface area contributed by atoms with Crippen molar-refractivity contribution in [2.45, 2.75) is 13.0 Å². The predicted octanol–water partition coefficient (Wildman–Crippen LogP) is 4.57. The molecule has 5 N–H and O–H groups in total. The summed E-state index contributed by atoms with van der Waals surface area (Å²) in [6.45, 7) is 5.48. The van der Waals surface area contributed by atoms with Crippen LogP contribution in [0.3, 0.4) is 0 Å². The molecule has 0 aromatic heterocycles. The molecule has 2 aliphatic heterocycles. The molecule has 0 bridgehead atoms. The van der Waals surface area contributed by atoms with Gasteiger partial charge in [0, 0.05) is 31.7 Å². The molecular formula is C31H37ClN5O4P. The number of hydrogen-bond acceptors (Lipinski definition) is 6. The molecule has 4 aromatic carbocycles. The second-order valence-corrected chi connectivity index (χ2v) is 10.5. The Morgan fingerprint density at radius 3 is 1.86 bits per heavy atom. The lowest BCUT2D eigenvalue weighted by atomic mass is 10.0. The molecule has 0 radical (unpaired) electrons. The highest BCUT2D eigenvalue weighted by atomic mass is 35.5. The molecule has 4 aromatic rings. The average molecular weight is 610 g/mol. The monoisotopic (exact) mass is 609 g/mol. The van der Waals surface area contributed by atoms with Gasteiger partial charge in [0.25, 0.3) is 0 Å². The van der Waals surface area contributed by atoms with Crippen LogP contribution >= 0.6 is 20.2 Å². The Morgan fingerprint density at radius 2 is 1.24 bits per heavy atom. The van der Waals surface area contributed by atoms with Gasteiger partial charge < -0.3 is 30.2 Å². The van der Waals surface area contributed by atoms with Gasteiger partial charge >= 0.3 is 7.82 Å². The molecule has 0 unspecified atom stereocenters. The Labute approximate surface area is 252 Å². The SMILES string of the molecule is Cl.O=P(O)(O)O.c1ccc(CN(CC2=NCCN2)c2ccccc2)cc1.c1ccc2c(CC3=NCCN3)cccc2c1. The van der Waals surface area contributed by atoms with E-state index in [1.807, 2.05) is 0 Å². The van der Waals surface area contributed by atoms with Crippen molar-refractivity contribution in [2.24, 2.45) is 9.98 Å². The predicted molar refractivity (Wildman–Crippen MR) is 174 cm³/mol. The van der Waals surface area contributed by atoms with Gasteiger partial charge in [0.05, 0.1) is 19.6 Å². The van der Waals surface area contributed by atoms with Crippen LogP contribution in [0.2, 0.25) is 0 Å². The third kappa shape index (κ3) is 11.3. The summed E-state index contributed by atoms with van der Waals surface area (Å²) >= 11 is 0. The molecule has 9 nitrogen and oxygen atoms in total. The lowest BCUT2D eigenvalue weighted by Gasteiger charge is -2.25. The first-order valence-electron chi connectivity index (χ1n) is 13.5. The van der Waals surface area contributed by atoms with E-state index in [4.69, 9.17) is 19.2 Å². The average Bonchev–Trinajstić information content (AvgIpc) is 3.68. The Bertz CT molecular complexity index is 1490.